The van der Waals surface area contributed by atoms with Crippen LogP contribution in [-0.2, 0) is 32.0 Å². The number of anilines is 1. The Morgan fingerprint density at radius 3 is 2.48 bits per heavy atom. The first-order valence-electron chi connectivity index (χ1n) is 17.7. The molecule has 12 nitrogen and oxygen atoms in total. The average molecular weight is 700 g/mol. The zero-order valence-electron chi connectivity index (χ0n) is 30.6. The van der Waals surface area contributed by atoms with E-state index in [4.69, 9.17) is 18.9 Å². The van der Waals surface area contributed by atoms with Crippen molar-refractivity contribution in [2.45, 2.75) is 97.4 Å². The molecule has 1 N–H and O–H groups in total. The zero-order chi connectivity index (χ0) is 36.2. The molecule has 1 aromatic heterocycles. The van der Waals surface area contributed by atoms with Crippen molar-refractivity contribution in [1.82, 2.24) is 19.7 Å². The standard InChI is InChI=1S/C37H54FN5O7/c1-24(2)48-23-31-22-47-13-12-40(31)17-30-18-42(36(46)50-37(5,6)7)25(3)16-41(30)19-34(45)43-26(4)21-49-35-33(43)15-28(32(20-44)39-35)14-27-8-10-29(38)11-9-27/h8-11,15,24-26,30-31,44H,12-14,16-23H2,1-7H3/t25-,26+,30+,31+/m1/s1. The summed E-state index contributed by atoms with van der Waals surface area (Å²) in [5.74, 6) is -0.145. The highest BCUT2D eigenvalue weighted by Gasteiger charge is 2.41. The van der Waals surface area contributed by atoms with Crippen LogP contribution in [0.15, 0.2) is 30.3 Å². The Kier molecular flexibility index (Phi) is 12.4. The van der Waals surface area contributed by atoms with Gasteiger partial charge in [-0.1, -0.05) is 12.1 Å². The fourth-order valence-electron chi connectivity index (χ4n) is 6.80. The molecule has 2 saturated heterocycles. The van der Waals surface area contributed by atoms with Crippen molar-refractivity contribution in [1.29, 1.82) is 0 Å². The first-order chi connectivity index (χ1) is 23.7. The lowest BCUT2D eigenvalue weighted by Gasteiger charge is -2.48. The molecule has 0 saturated carbocycles. The third-order valence-electron chi connectivity index (χ3n) is 9.36. The Morgan fingerprint density at radius 1 is 1.06 bits per heavy atom. The number of fused-ring (bicyclic) bond motifs is 1. The van der Waals surface area contributed by atoms with E-state index in [1.165, 1.54) is 12.1 Å². The lowest BCUT2D eigenvalue weighted by atomic mass is 10.0. The molecular formula is C37H54FN5O7. The molecule has 2 aromatic rings. The first-order valence-corrected chi connectivity index (χ1v) is 17.7. The number of carbonyl (C=O) groups excluding carboxylic acids is 2. The summed E-state index contributed by atoms with van der Waals surface area (Å²) < 4.78 is 37.2. The minimum absolute atomic E-state index is 0.0514. The predicted octanol–water partition coefficient (Wildman–Crippen LogP) is 3.85. The number of nitrogens with zero attached hydrogens (tertiary/aromatic N) is 5. The number of aromatic nitrogens is 1. The summed E-state index contributed by atoms with van der Waals surface area (Å²) in [6.45, 7) is 17.5. The molecule has 50 heavy (non-hydrogen) atoms. The van der Waals surface area contributed by atoms with Crippen molar-refractivity contribution in [2.75, 3.05) is 64.1 Å². The summed E-state index contributed by atoms with van der Waals surface area (Å²) in [6, 6.07) is 7.48. The van der Waals surface area contributed by atoms with Crippen LogP contribution in [0.3, 0.4) is 0 Å². The van der Waals surface area contributed by atoms with Crippen LogP contribution < -0.4 is 9.64 Å². The van der Waals surface area contributed by atoms with Crippen LogP contribution in [0.4, 0.5) is 14.9 Å². The van der Waals surface area contributed by atoms with Crippen LogP contribution in [-0.4, -0.2) is 132 Å². The van der Waals surface area contributed by atoms with Crippen LogP contribution in [0, 0.1) is 5.82 Å². The van der Waals surface area contributed by atoms with Gasteiger partial charge in [0.25, 0.3) is 0 Å². The number of morpholine rings is 1. The van der Waals surface area contributed by atoms with E-state index in [-0.39, 0.29) is 67.8 Å². The first kappa shape index (κ1) is 37.9. The number of aliphatic hydroxyl groups is 1. The Bertz CT molecular complexity index is 1470. The van der Waals surface area contributed by atoms with Crippen molar-refractivity contribution in [3.8, 4) is 5.88 Å². The third-order valence-corrected chi connectivity index (χ3v) is 9.36. The van der Waals surface area contributed by atoms with Gasteiger partial charge >= 0.3 is 6.09 Å². The molecular weight excluding hydrogens is 645 g/mol. The summed E-state index contributed by atoms with van der Waals surface area (Å²) in [5.41, 5.74) is 1.93. The van der Waals surface area contributed by atoms with E-state index in [1.54, 1.807) is 21.9 Å². The maximum absolute atomic E-state index is 14.4. The van der Waals surface area contributed by atoms with Gasteiger partial charge in [-0.3, -0.25) is 14.6 Å². The molecule has 5 rings (SSSR count). The summed E-state index contributed by atoms with van der Waals surface area (Å²) >= 11 is 0. The lowest BCUT2D eigenvalue weighted by Crippen LogP contribution is -2.65. The second-order valence-electron chi connectivity index (χ2n) is 15.0. The van der Waals surface area contributed by atoms with Gasteiger partial charge in [-0.05, 0) is 84.2 Å². The number of halogens is 1. The van der Waals surface area contributed by atoms with Gasteiger partial charge in [0.2, 0.25) is 11.8 Å². The molecule has 1 aromatic carbocycles. The van der Waals surface area contributed by atoms with Gasteiger partial charge in [0, 0.05) is 38.3 Å². The third kappa shape index (κ3) is 9.49. The number of benzene rings is 1. The molecule has 2 amide bonds. The molecule has 3 aliphatic heterocycles. The number of amides is 2. The number of rotatable bonds is 10. The molecule has 2 fully saturated rings. The van der Waals surface area contributed by atoms with Crippen LogP contribution in [0.2, 0.25) is 0 Å². The monoisotopic (exact) mass is 699 g/mol. The van der Waals surface area contributed by atoms with E-state index in [0.717, 1.165) is 17.7 Å². The van der Waals surface area contributed by atoms with E-state index in [9.17, 15) is 19.1 Å². The number of hydrogen-bond acceptors (Lipinski definition) is 10. The molecule has 3 aliphatic rings. The molecule has 4 atom stereocenters. The van der Waals surface area contributed by atoms with E-state index in [2.05, 4.69) is 14.8 Å². The highest BCUT2D eigenvalue weighted by Crippen LogP contribution is 2.35. The lowest BCUT2D eigenvalue weighted by molar-refractivity contribution is -0.123. The van der Waals surface area contributed by atoms with Crippen LogP contribution >= 0.6 is 0 Å². The van der Waals surface area contributed by atoms with Crippen molar-refractivity contribution in [3.05, 3.63) is 53.0 Å². The normalized spacial score (nSPS) is 23.5. The molecule has 0 unspecified atom stereocenters. The Balaban J connectivity index is 1.41. The quantitative estimate of drug-likeness (QED) is 0.392. The van der Waals surface area contributed by atoms with E-state index < -0.39 is 5.60 Å². The van der Waals surface area contributed by atoms with Gasteiger partial charge in [-0.2, -0.15) is 0 Å². The van der Waals surface area contributed by atoms with Gasteiger partial charge in [-0.15, -0.1) is 0 Å². The topological polar surface area (TPSA) is 117 Å². The van der Waals surface area contributed by atoms with Crippen molar-refractivity contribution in [2.24, 2.45) is 0 Å². The molecule has 0 spiro atoms. The second kappa shape index (κ2) is 16.3. The summed E-state index contributed by atoms with van der Waals surface area (Å²) in [6.07, 6.45) is 0.127. The highest BCUT2D eigenvalue weighted by atomic mass is 19.1. The molecule has 0 bridgehead atoms. The van der Waals surface area contributed by atoms with Gasteiger partial charge < -0.3 is 33.9 Å². The largest absolute Gasteiger partial charge is 0.474 e. The van der Waals surface area contributed by atoms with Gasteiger partial charge in [0.1, 0.15) is 23.7 Å². The molecule has 13 heteroatoms. The Labute approximate surface area is 295 Å². The highest BCUT2D eigenvalue weighted by molar-refractivity contribution is 5.97. The maximum Gasteiger partial charge on any atom is 0.410 e. The summed E-state index contributed by atoms with van der Waals surface area (Å²) in [7, 11) is 0. The van der Waals surface area contributed by atoms with E-state index in [1.807, 2.05) is 54.5 Å². The number of hydrogen-bond donors (Lipinski definition) is 1. The minimum atomic E-state index is -0.637. The zero-order valence-corrected chi connectivity index (χ0v) is 30.6. The average Bonchev–Trinajstić information content (AvgIpc) is 3.05. The fraction of sp³-hybridized carbons (Fsp3) is 0.649. The van der Waals surface area contributed by atoms with Crippen LogP contribution in [0.25, 0.3) is 0 Å². The number of ether oxygens (including phenoxy) is 4. The summed E-state index contributed by atoms with van der Waals surface area (Å²) in [5, 5.41) is 10.2. The molecule has 276 valence electrons. The van der Waals surface area contributed by atoms with Gasteiger partial charge in [-0.25, -0.2) is 14.2 Å². The fourth-order valence-corrected chi connectivity index (χ4v) is 6.80. The number of aliphatic hydroxyl groups excluding tert-OH is 1. The molecule has 4 heterocycles. The smallest absolute Gasteiger partial charge is 0.410 e. The number of pyridine rings is 1. The number of piperazine rings is 1. The van der Waals surface area contributed by atoms with Gasteiger partial charge in [0.15, 0.2) is 0 Å². The Morgan fingerprint density at radius 2 is 1.80 bits per heavy atom. The maximum atomic E-state index is 14.4. The second-order valence-corrected chi connectivity index (χ2v) is 15.0. The van der Waals surface area contributed by atoms with Gasteiger partial charge in [0.05, 0.1) is 56.9 Å². The SMILES string of the molecule is CC(C)OC[C@@H]1COCCN1C[C@H]1CN(C(=O)OC(C)(C)C)[C@H](C)CN1CC(=O)N1c2cc(Cc3ccc(F)cc3)c(CO)nc2OC[C@@H]1C. The summed E-state index contributed by atoms with van der Waals surface area (Å²) in [4.78, 5) is 40.5. The Hall–Kier alpha value is -3.36. The molecule has 0 radical (unpaired) electrons. The molecule has 0 aliphatic carbocycles. The minimum Gasteiger partial charge on any atom is -0.474 e. The van der Waals surface area contributed by atoms with Crippen LogP contribution in [0.5, 0.6) is 5.88 Å². The van der Waals surface area contributed by atoms with E-state index >= 15 is 0 Å². The van der Waals surface area contributed by atoms with Crippen molar-refractivity contribution in [3.63, 3.8) is 0 Å². The van der Waals surface area contributed by atoms with Crippen LogP contribution in [0.1, 0.15) is 65.3 Å². The number of carbonyl (C=O) groups is 2. The predicted molar refractivity (Wildman–Crippen MR) is 187 cm³/mol. The van der Waals surface area contributed by atoms with E-state index in [0.29, 0.717) is 63.1 Å². The van der Waals surface area contributed by atoms with Crippen molar-refractivity contribution >= 4 is 17.7 Å². The van der Waals surface area contributed by atoms with Crippen molar-refractivity contribution < 1.29 is 38.0 Å².